The highest BCUT2D eigenvalue weighted by Gasteiger charge is 2.23. The largest absolute Gasteiger partial charge is 0.506 e. The quantitative estimate of drug-likeness (QED) is 0.642. The summed E-state index contributed by atoms with van der Waals surface area (Å²) in [5.74, 6) is -0.0289. The van der Waals surface area contributed by atoms with Crippen molar-refractivity contribution < 1.29 is 9.90 Å². The molecule has 7 nitrogen and oxygen atoms in total. The van der Waals surface area contributed by atoms with Crippen LogP contribution in [0.15, 0.2) is 24.3 Å². The second-order valence-corrected chi connectivity index (χ2v) is 6.72. The average Bonchev–Trinajstić information content (AvgIpc) is 3.04. The van der Waals surface area contributed by atoms with Crippen LogP contribution in [0.3, 0.4) is 0 Å². The molecule has 1 aliphatic rings. The summed E-state index contributed by atoms with van der Waals surface area (Å²) in [7, 11) is 0. The van der Waals surface area contributed by atoms with E-state index < -0.39 is 0 Å². The maximum absolute atomic E-state index is 13.1. The summed E-state index contributed by atoms with van der Waals surface area (Å²) in [6, 6.07) is 6.63. The Balaban J connectivity index is 1.86. The number of piperazine rings is 1. The summed E-state index contributed by atoms with van der Waals surface area (Å²) in [6.07, 6.45) is 0. The molecule has 0 radical (unpaired) electrons. The first kappa shape index (κ1) is 16.8. The van der Waals surface area contributed by atoms with Crippen molar-refractivity contribution in [3.63, 3.8) is 0 Å². The number of nitrogens with zero attached hydrogens (tertiary/aromatic N) is 3. The number of halogens is 1. The van der Waals surface area contributed by atoms with Gasteiger partial charge in [-0.1, -0.05) is 11.6 Å². The zero-order chi connectivity index (χ0) is 18.3. The van der Waals surface area contributed by atoms with Gasteiger partial charge in [-0.2, -0.15) is 5.10 Å². The number of aromatic amines is 1. The van der Waals surface area contributed by atoms with Crippen molar-refractivity contribution in [3.8, 4) is 17.0 Å². The Bertz CT molecular complexity index is 995. The van der Waals surface area contributed by atoms with E-state index >= 15 is 0 Å². The average molecular weight is 372 g/mol. The molecule has 1 aliphatic heterocycles. The highest BCUT2D eigenvalue weighted by Crippen LogP contribution is 2.31. The number of fused-ring (bicyclic) bond motifs is 1. The van der Waals surface area contributed by atoms with Crippen LogP contribution in [0.25, 0.3) is 22.3 Å². The van der Waals surface area contributed by atoms with Crippen molar-refractivity contribution >= 4 is 28.5 Å². The van der Waals surface area contributed by atoms with E-state index in [1.54, 1.807) is 18.2 Å². The van der Waals surface area contributed by atoms with Gasteiger partial charge in [-0.25, -0.2) is 4.98 Å². The first-order chi connectivity index (χ1) is 12.5. The van der Waals surface area contributed by atoms with Crippen molar-refractivity contribution in [1.82, 2.24) is 25.4 Å². The van der Waals surface area contributed by atoms with E-state index in [9.17, 15) is 9.90 Å². The lowest BCUT2D eigenvalue weighted by molar-refractivity contribution is 0.0737. The molecule has 1 saturated heterocycles. The molecule has 0 unspecified atom stereocenters. The fourth-order valence-electron chi connectivity index (χ4n) is 3.20. The molecule has 0 spiro atoms. The number of phenolic OH excluding ortho intramolecular Hbond substituents is 1. The molecule has 1 fully saturated rings. The Kier molecular flexibility index (Phi) is 4.26. The van der Waals surface area contributed by atoms with Gasteiger partial charge in [0.05, 0.1) is 21.7 Å². The van der Waals surface area contributed by atoms with Gasteiger partial charge in [0, 0.05) is 37.4 Å². The number of aromatic nitrogens is 3. The van der Waals surface area contributed by atoms with Gasteiger partial charge in [-0.05, 0) is 31.2 Å². The monoisotopic (exact) mass is 371 g/mol. The first-order valence-electron chi connectivity index (χ1n) is 8.39. The number of nitrogens with one attached hydrogen (secondary N) is 2. The molecule has 3 N–H and O–H groups in total. The van der Waals surface area contributed by atoms with Gasteiger partial charge in [0.25, 0.3) is 5.91 Å². The Morgan fingerprint density at radius 2 is 2.04 bits per heavy atom. The van der Waals surface area contributed by atoms with Crippen LogP contribution >= 0.6 is 11.6 Å². The number of H-pyrrole nitrogens is 1. The minimum absolute atomic E-state index is 0.00391. The minimum atomic E-state index is -0.0328. The van der Waals surface area contributed by atoms with Gasteiger partial charge in [-0.15, -0.1) is 0 Å². The van der Waals surface area contributed by atoms with Crippen molar-refractivity contribution in [3.05, 3.63) is 40.5 Å². The van der Waals surface area contributed by atoms with Crippen LogP contribution in [0, 0.1) is 6.92 Å². The lowest BCUT2D eigenvalue weighted by Crippen LogP contribution is -2.46. The number of pyridine rings is 1. The Morgan fingerprint density at radius 1 is 1.27 bits per heavy atom. The number of carbonyl (C=O) groups is 1. The third-order valence-corrected chi connectivity index (χ3v) is 4.89. The molecule has 4 rings (SSSR count). The van der Waals surface area contributed by atoms with Crippen molar-refractivity contribution in [1.29, 1.82) is 0 Å². The molecule has 0 atom stereocenters. The fraction of sp³-hybridized carbons (Fsp3) is 0.278. The zero-order valence-electron chi connectivity index (χ0n) is 14.2. The third-order valence-electron chi connectivity index (χ3n) is 4.58. The van der Waals surface area contributed by atoms with Crippen molar-refractivity contribution in [2.75, 3.05) is 26.2 Å². The van der Waals surface area contributed by atoms with Gasteiger partial charge in [0.1, 0.15) is 5.75 Å². The van der Waals surface area contributed by atoms with E-state index in [0.29, 0.717) is 35.6 Å². The van der Waals surface area contributed by atoms with Crippen LogP contribution in [0.5, 0.6) is 5.75 Å². The number of hydrogen-bond donors (Lipinski definition) is 3. The van der Waals surface area contributed by atoms with Crippen molar-refractivity contribution in [2.24, 2.45) is 0 Å². The second kappa shape index (κ2) is 6.59. The summed E-state index contributed by atoms with van der Waals surface area (Å²) in [5, 5.41) is 21.0. The van der Waals surface area contributed by atoms with Crippen LogP contribution in [0.2, 0.25) is 5.02 Å². The molecule has 1 amide bonds. The summed E-state index contributed by atoms with van der Waals surface area (Å²) >= 11 is 6.03. The maximum Gasteiger partial charge on any atom is 0.254 e. The molecule has 0 bridgehead atoms. The summed E-state index contributed by atoms with van der Waals surface area (Å²) in [6.45, 7) is 4.78. The van der Waals surface area contributed by atoms with E-state index in [4.69, 9.17) is 11.6 Å². The number of aromatic hydroxyl groups is 1. The molecule has 2 aromatic heterocycles. The van der Waals surface area contributed by atoms with Crippen LogP contribution in [0.4, 0.5) is 0 Å². The van der Waals surface area contributed by atoms with Gasteiger partial charge >= 0.3 is 0 Å². The summed E-state index contributed by atoms with van der Waals surface area (Å²) < 4.78 is 0. The number of benzene rings is 1. The third kappa shape index (κ3) is 2.89. The first-order valence-corrected chi connectivity index (χ1v) is 8.77. The molecular weight excluding hydrogens is 354 g/mol. The predicted octanol–water partition coefficient (Wildman–Crippen LogP) is 2.34. The number of rotatable bonds is 2. The highest BCUT2D eigenvalue weighted by atomic mass is 35.5. The van der Waals surface area contributed by atoms with E-state index in [-0.39, 0.29) is 16.7 Å². The molecule has 3 aromatic rings. The van der Waals surface area contributed by atoms with E-state index in [1.807, 2.05) is 11.8 Å². The number of amides is 1. The number of phenols is 1. The van der Waals surface area contributed by atoms with Crippen LogP contribution in [-0.2, 0) is 0 Å². The molecule has 0 aliphatic carbocycles. The van der Waals surface area contributed by atoms with Gasteiger partial charge in [0.15, 0.2) is 5.65 Å². The summed E-state index contributed by atoms with van der Waals surface area (Å²) in [4.78, 5) is 19.5. The normalized spacial score (nSPS) is 14.8. The topological polar surface area (TPSA) is 94.1 Å². The Labute approximate surface area is 155 Å². The van der Waals surface area contributed by atoms with E-state index in [2.05, 4.69) is 20.5 Å². The SMILES string of the molecule is Cc1[nH]nc2nc(-c3ccc(O)c(Cl)c3)cc(C(=O)N3CCNCC3)c12. The molecule has 8 heteroatoms. The smallest absolute Gasteiger partial charge is 0.254 e. The molecule has 1 aromatic carbocycles. The Hall–Kier alpha value is -2.64. The Morgan fingerprint density at radius 3 is 2.77 bits per heavy atom. The van der Waals surface area contributed by atoms with Crippen LogP contribution in [0.1, 0.15) is 16.1 Å². The predicted molar refractivity (Wildman–Crippen MR) is 99.5 cm³/mol. The molecule has 26 heavy (non-hydrogen) atoms. The standard InChI is InChI=1S/C18H18ClN5O2/c1-10-16-12(18(26)24-6-4-20-5-7-24)9-14(21-17(16)23-22-10)11-2-3-15(25)13(19)8-11/h2-3,8-9,20,25H,4-7H2,1H3,(H,21,22,23). The second-order valence-electron chi connectivity index (χ2n) is 6.31. The molecule has 3 heterocycles. The minimum Gasteiger partial charge on any atom is -0.506 e. The fourth-order valence-corrected chi connectivity index (χ4v) is 3.38. The lowest BCUT2D eigenvalue weighted by atomic mass is 10.0. The van der Waals surface area contributed by atoms with E-state index in [1.165, 1.54) is 6.07 Å². The number of carbonyl (C=O) groups excluding carboxylic acids is 1. The van der Waals surface area contributed by atoms with Gasteiger partial charge in [-0.3, -0.25) is 9.89 Å². The van der Waals surface area contributed by atoms with E-state index in [0.717, 1.165) is 24.2 Å². The van der Waals surface area contributed by atoms with Crippen molar-refractivity contribution in [2.45, 2.75) is 6.92 Å². The van der Waals surface area contributed by atoms with Gasteiger partial charge < -0.3 is 15.3 Å². The summed E-state index contributed by atoms with van der Waals surface area (Å²) in [5.41, 5.74) is 3.17. The number of hydrogen-bond acceptors (Lipinski definition) is 5. The zero-order valence-corrected chi connectivity index (χ0v) is 15.0. The molecule has 0 saturated carbocycles. The lowest BCUT2D eigenvalue weighted by Gasteiger charge is -2.27. The maximum atomic E-state index is 13.1. The molecular formula is C18H18ClN5O2. The number of aryl methyl sites for hydroxylation is 1. The van der Waals surface area contributed by atoms with Crippen LogP contribution in [-0.4, -0.2) is 57.3 Å². The molecule has 134 valence electrons. The van der Waals surface area contributed by atoms with Crippen LogP contribution < -0.4 is 5.32 Å². The van der Waals surface area contributed by atoms with Gasteiger partial charge in [0.2, 0.25) is 0 Å². The highest BCUT2D eigenvalue weighted by molar-refractivity contribution is 6.32.